The van der Waals surface area contributed by atoms with E-state index in [0.29, 0.717) is 29.4 Å². The number of hydrogen-bond donors (Lipinski definition) is 0. The predicted octanol–water partition coefficient (Wildman–Crippen LogP) is 4.39. The summed E-state index contributed by atoms with van der Waals surface area (Å²) in [4.78, 5) is 16.8. The van der Waals surface area contributed by atoms with Gasteiger partial charge in [0, 0.05) is 11.1 Å². The molecule has 0 atom stereocenters. The molecule has 2 aromatic carbocycles. The van der Waals surface area contributed by atoms with Crippen LogP contribution in [0.4, 0.5) is 0 Å². The lowest BCUT2D eigenvalue weighted by molar-refractivity contribution is -0.129. The van der Waals surface area contributed by atoms with Gasteiger partial charge in [-0.15, -0.1) is 0 Å². The maximum Gasteiger partial charge on any atom is 0.363 e. The van der Waals surface area contributed by atoms with Crippen LogP contribution >= 0.6 is 0 Å². The number of carbonyl (C=O) groups excluding carboxylic acids is 1. The smallest absolute Gasteiger partial charge is 0.363 e. The predicted molar refractivity (Wildman–Crippen MR) is 105 cm³/mol. The van der Waals surface area contributed by atoms with Crippen molar-refractivity contribution in [3.63, 3.8) is 0 Å². The zero-order chi connectivity index (χ0) is 19.5. The third kappa shape index (κ3) is 3.32. The van der Waals surface area contributed by atoms with Gasteiger partial charge in [-0.2, -0.15) is 0 Å². The van der Waals surface area contributed by atoms with E-state index in [4.69, 9.17) is 14.0 Å². The van der Waals surface area contributed by atoms with E-state index in [1.807, 2.05) is 61.5 Å². The minimum atomic E-state index is -0.527. The molecule has 1 aliphatic heterocycles. The van der Waals surface area contributed by atoms with E-state index in [-0.39, 0.29) is 11.6 Å². The third-order valence-electron chi connectivity index (χ3n) is 4.26. The van der Waals surface area contributed by atoms with Crippen LogP contribution in [0.5, 0.6) is 5.75 Å². The van der Waals surface area contributed by atoms with Crippen molar-refractivity contribution in [1.29, 1.82) is 0 Å². The fourth-order valence-corrected chi connectivity index (χ4v) is 2.97. The minimum absolute atomic E-state index is 0.183. The van der Waals surface area contributed by atoms with E-state index < -0.39 is 5.97 Å². The lowest BCUT2D eigenvalue weighted by Crippen LogP contribution is -2.07. The Hall–Kier alpha value is -3.67. The van der Waals surface area contributed by atoms with Gasteiger partial charge in [0.05, 0.1) is 6.61 Å². The SMILES string of the molecule is CCOc1ccccc1/C=C1/N=C(c2c(-c3ccccc3)noc2C)OC1=O. The number of hydrogen-bond acceptors (Lipinski definition) is 6. The first-order chi connectivity index (χ1) is 13.7. The van der Waals surface area contributed by atoms with Crippen LogP contribution in [0.3, 0.4) is 0 Å². The largest absolute Gasteiger partial charge is 0.493 e. The van der Waals surface area contributed by atoms with Crippen LogP contribution in [0, 0.1) is 6.92 Å². The number of ether oxygens (including phenoxy) is 2. The second-order valence-electron chi connectivity index (χ2n) is 6.14. The molecule has 0 amide bonds. The first-order valence-corrected chi connectivity index (χ1v) is 8.94. The summed E-state index contributed by atoms with van der Waals surface area (Å²) in [5.74, 6) is 0.866. The summed E-state index contributed by atoms with van der Waals surface area (Å²) in [5, 5.41) is 4.12. The second kappa shape index (κ2) is 7.52. The molecule has 0 unspecified atom stereocenters. The molecule has 0 spiro atoms. The van der Waals surface area contributed by atoms with Crippen molar-refractivity contribution < 1.29 is 18.8 Å². The highest BCUT2D eigenvalue weighted by Gasteiger charge is 2.30. The summed E-state index contributed by atoms with van der Waals surface area (Å²) in [7, 11) is 0. The average Bonchev–Trinajstić information content (AvgIpc) is 3.26. The standard InChI is InChI=1S/C22H18N2O4/c1-3-26-18-12-8-7-11-16(18)13-17-22(25)27-21(23-17)19-14(2)28-24-20(19)15-9-5-4-6-10-15/h4-13H,3H2,1-2H3/b17-13+. The Kier molecular flexibility index (Phi) is 4.76. The Labute approximate surface area is 162 Å². The monoisotopic (exact) mass is 374 g/mol. The normalized spacial score (nSPS) is 14.9. The third-order valence-corrected chi connectivity index (χ3v) is 4.26. The van der Waals surface area contributed by atoms with Crippen LogP contribution < -0.4 is 4.74 Å². The van der Waals surface area contributed by atoms with Crippen molar-refractivity contribution >= 4 is 17.9 Å². The van der Waals surface area contributed by atoms with Gasteiger partial charge in [0.15, 0.2) is 5.70 Å². The van der Waals surface area contributed by atoms with Crippen LogP contribution in [0.1, 0.15) is 23.8 Å². The summed E-state index contributed by atoms with van der Waals surface area (Å²) in [5.41, 5.74) is 2.96. The van der Waals surface area contributed by atoms with E-state index in [2.05, 4.69) is 10.1 Å². The summed E-state index contributed by atoms with van der Waals surface area (Å²) >= 11 is 0. The lowest BCUT2D eigenvalue weighted by atomic mass is 10.1. The highest BCUT2D eigenvalue weighted by molar-refractivity contribution is 6.15. The van der Waals surface area contributed by atoms with Crippen molar-refractivity contribution in [2.75, 3.05) is 6.61 Å². The molecular formula is C22H18N2O4. The molecule has 0 fully saturated rings. The quantitative estimate of drug-likeness (QED) is 0.489. The molecule has 1 aromatic heterocycles. The molecule has 0 radical (unpaired) electrons. The number of aryl methyl sites for hydroxylation is 1. The summed E-state index contributed by atoms with van der Waals surface area (Å²) in [6.45, 7) is 4.19. The van der Waals surface area contributed by atoms with Crippen LogP contribution in [0.2, 0.25) is 0 Å². The van der Waals surface area contributed by atoms with E-state index in [9.17, 15) is 4.79 Å². The van der Waals surface area contributed by atoms with Crippen LogP contribution in [-0.2, 0) is 9.53 Å². The summed E-state index contributed by atoms with van der Waals surface area (Å²) in [6, 6.07) is 17.0. The number of aromatic nitrogens is 1. The maximum atomic E-state index is 12.4. The molecule has 140 valence electrons. The molecule has 28 heavy (non-hydrogen) atoms. The van der Waals surface area contributed by atoms with Crippen LogP contribution in [0.25, 0.3) is 17.3 Å². The molecule has 0 aliphatic carbocycles. The van der Waals surface area contributed by atoms with Gasteiger partial charge in [0.2, 0.25) is 5.90 Å². The van der Waals surface area contributed by atoms with Crippen molar-refractivity contribution in [2.24, 2.45) is 4.99 Å². The zero-order valence-corrected chi connectivity index (χ0v) is 15.5. The number of esters is 1. The molecule has 0 bridgehead atoms. The summed E-state index contributed by atoms with van der Waals surface area (Å²) in [6.07, 6.45) is 1.66. The first kappa shape index (κ1) is 17.7. The molecule has 0 saturated carbocycles. The molecule has 3 aromatic rings. The molecule has 1 aliphatic rings. The van der Waals surface area contributed by atoms with Crippen molar-refractivity contribution in [3.05, 3.63) is 77.2 Å². The lowest BCUT2D eigenvalue weighted by Gasteiger charge is -2.06. The van der Waals surface area contributed by atoms with Gasteiger partial charge < -0.3 is 14.0 Å². The van der Waals surface area contributed by atoms with Gasteiger partial charge in [-0.25, -0.2) is 9.79 Å². The van der Waals surface area contributed by atoms with Crippen molar-refractivity contribution in [3.8, 4) is 17.0 Å². The van der Waals surface area contributed by atoms with Crippen molar-refractivity contribution in [2.45, 2.75) is 13.8 Å². The van der Waals surface area contributed by atoms with E-state index in [1.54, 1.807) is 13.0 Å². The molecule has 0 N–H and O–H groups in total. The van der Waals surface area contributed by atoms with Gasteiger partial charge >= 0.3 is 5.97 Å². The minimum Gasteiger partial charge on any atom is -0.493 e. The number of rotatable bonds is 5. The fraction of sp³-hybridized carbons (Fsp3) is 0.136. The van der Waals surface area contributed by atoms with E-state index >= 15 is 0 Å². The van der Waals surface area contributed by atoms with E-state index in [0.717, 1.165) is 11.1 Å². The highest BCUT2D eigenvalue weighted by atomic mass is 16.6. The molecule has 6 nitrogen and oxygen atoms in total. The van der Waals surface area contributed by atoms with Gasteiger partial charge in [0.1, 0.15) is 22.8 Å². The number of aliphatic imine (C=N–C) groups is 1. The summed E-state index contributed by atoms with van der Waals surface area (Å²) < 4.78 is 16.4. The van der Waals surface area contributed by atoms with Crippen LogP contribution in [0.15, 0.2) is 69.8 Å². The van der Waals surface area contributed by atoms with E-state index in [1.165, 1.54) is 0 Å². The molecule has 4 rings (SSSR count). The number of benzene rings is 2. The van der Waals surface area contributed by atoms with Crippen LogP contribution in [-0.4, -0.2) is 23.6 Å². The Bertz CT molecular complexity index is 1080. The molecular weight excluding hydrogens is 356 g/mol. The maximum absolute atomic E-state index is 12.4. The fourth-order valence-electron chi connectivity index (χ4n) is 2.97. The number of carbonyl (C=O) groups is 1. The van der Waals surface area contributed by atoms with Gasteiger partial charge in [-0.1, -0.05) is 53.7 Å². The average molecular weight is 374 g/mol. The van der Waals surface area contributed by atoms with Gasteiger partial charge in [0.25, 0.3) is 0 Å². The second-order valence-corrected chi connectivity index (χ2v) is 6.14. The first-order valence-electron chi connectivity index (χ1n) is 8.94. The number of cyclic esters (lactones) is 1. The zero-order valence-electron chi connectivity index (χ0n) is 15.5. The Morgan fingerprint density at radius 1 is 1.07 bits per heavy atom. The Balaban J connectivity index is 1.75. The molecule has 0 saturated heterocycles. The molecule has 2 heterocycles. The molecule has 6 heteroatoms. The number of nitrogens with zero attached hydrogens (tertiary/aromatic N) is 2. The number of para-hydroxylation sites is 1. The highest BCUT2D eigenvalue weighted by Crippen LogP contribution is 2.30. The van der Waals surface area contributed by atoms with Gasteiger partial charge in [-0.3, -0.25) is 0 Å². The Morgan fingerprint density at radius 2 is 1.82 bits per heavy atom. The van der Waals surface area contributed by atoms with Gasteiger partial charge in [-0.05, 0) is 26.0 Å². The van der Waals surface area contributed by atoms with Crippen molar-refractivity contribution in [1.82, 2.24) is 5.16 Å². The topological polar surface area (TPSA) is 73.9 Å². The Morgan fingerprint density at radius 3 is 2.61 bits per heavy atom.